The lowest BCUT2D eigenvalue weighted by Gasteiger charge is -2.23. The number of carbonyl (C=O) groups is 1. The van der Waals surface area contributed by atoms with Crippen molar-refractivity contribution in [2.45, 2.75) is 31.4 Å². The minimum absolute atomic E-state index is 0.450. The summed E-state index contributed by atoms with van der Waals surface area (Å²) < 4.78 is 25.8. The molecule has 1 amide bonds. The van der Waals surface area contributed by atoms with Crippen LogP contribution in [0.4, 0.5) is 8.78 Å². The van der Waals surface area contributed by atoms with Gasteiger partial charge in [0, 0.05) is 6.42 Å². The maximum absolute atomic E-state index is 12.9. The number of nitrogens with two attached hydrogens (primary N) is 1. The molecule has 0 aromatic rings. The number of amides is 1. The molecule has 14 heavy (non-hydrogen) atoms. The van der Waals surface area contributed by atoms with E-state index in [1.54, 1.807) is 0 Å². The smallest absolute Gasteiger partial charge is 0.267 e. The lowest BCUT2D eigenvalue weighted by molar-refractivity contribution is -0.134. The number of halogens is 2. The van der Waals surface area contributed by atoms with E-state index in [0.29, 0.717) is 0 Å². The van der Waals surface area contributed by atoms with Crippen molar-refractivity contribution in [1.82, 2.24) is 4.90 Å². The van der Waals surface area contributed by atoms with Crippen LogP contribution in [0.1, 0.15) is 13.3 Å². The molecule has 0 saturated carbocycles. The summed E-state index contributed by atoms with van der Waals surface area (Å²) in [4.78, 5) is 12.3. The third kappa shape index (κ3) is 2.19. The first-order chi connectivity index (χ1) is 6.37. The van der Waals surface area contributed by atoms with Crippen molar-refractivity contribution < 1.29 is 18.7 Å². The SMILES string of the molecule is C[C@@H](N)C(=O)N1CC(F)(F)C[C@H]1CO. The fourth-order valence-electron chi connectivity index (χ4n) is 1.58. The Hall–Kier alpha value is -0.750. The molecule has 1 rings (SSSR count). The van der Waals surface area contributed by atoms with Gasteiger partial charge in [0.2, 0.25) is 5.91 Å². The predicted molar refractivity (Wildman–Crippen MR) is 45.8 cm³/mol. The molecule has 1 fully saturated rings. The highest BCUT2D eigenvalue weighted by atomic mass is 19.3. The van der Waals surface area contributed by atoms with Gasteiger partial charge in [-0.25, -0.2) is 8.78 Å². The first-order valence-electron chi connectivity index (χ1n) is 4.42. The number of hydrogen-bond donors (Lipinski definition) is 2. The predicted octanol–water partition coefficient (Wildman–Crippen LogP) is -0.438. The van der Waals surface area contributed by atoms with Crippen LogP contribution in [-0.2, 0) is 4.79 Å². The van der Waals surface area contributed by atoms with E-state index in [9.17, 15) is 13.6 Å². The van der Waals surface area contributed by atoms with E-state index in [2.05, 4.69) is 0 Å². The third-order valence-electron chi connectivity index (χ3n) is 2.26. The number of aliphatic hydroxyl groups excluding tert-OH is 1. The zero-order valence-electron chi connectivity index (χ0n) is 7.91. The van der Waals surface area contributed by atoms with Crippen molar-refractivity contribution in [3.8, 4) is 0 Å². The maximum atomic E-state index is 12.9. The quantitative estimate of drug-likeness (QED) is 0.646. The van der Waals surface area contributed by atoms with Gasteiger partial charge in [0.05, 0.1) is 25.2 Å². The zero-order valence-corrected chi connectivity index (χ0v) is 7.91. The van der Waals surface area contributed by atoms with Gasteiger partial charge in [-0.15, -0.1) is 0 Å². The summed E-state index contributed by atoms with van der Waals surface area (Å²) in [7, 11) is 0. The molecular weight excluding hydrogens is 194 g/mol. The van der Waals surface area contributed by atoms with Gasteiger partial charge in [-0.2, -0.15) is 0 Å². The number of carbonyl (C=O) groups excluding carboxylic acids is 1. The Morgan fingerprint density at radius 2 is 2.36 bits per heavy atom. The second kappa shape index (κ2) is 3.78. The summed E-state index contributed by atoms with van der Waals surface area (Å²) in [5.74, 6) is -3.45. The molecule has 3 N–H and O–H groups in total. The Bertz CT molecular complexity index is 233. The highest BCUT2D eigenvalue weighted by molar-refractivity contribution is 5.81. The highest BCUT2D eigenvalue weighted by Gasteiger charge is 2.46. The van der Waals surface area contributed by atoms with E-state index in [4.69, 9.17) is 10.8 Å². The van der Waals surface area contributed by atoms with Gasteiger partial charge in [-0.3, -0.25) is 4.79 Å². The van der Waals surface area contributed by atoms with Crippen LogP contribution >= 0.6 is 0 Å². The molecule has 0 bridgehead atoms. The van der Waals surface area contributed by atoms with E-state index < -0.39 is 43.5 Å². The van der Waals surface area contributed by atoms with E-state index in [-0.39, 0.29) is 0 Å². The van der Waals surface area contributed by atoms with Crippen molar-refractivity contribution in [2.75, 3.05) is 13.2 Å². The van der Waals surface area contributed by atoms with Gasteiger partial charge < -0.3 is 15.7 Å². The van der Waals surface area contributed by atoms with Crippen LogP contribution in [0.3, 0.4) is 0 Å². The molecule has 0 aromatic carbocycles. The van der Waals surface area contributed by atoms with Gasteiger partial charge in [0.25, 0.3) is 5.92 Å². The molecule has 4 nitrogen and oxygen atoms in total. The average Bonchev–Trinajstić information content (AvgIpc) is 2.39. The van der Waals surface area contributed by atoms with Crippen LogP contribution in [0.5, 0.6) is 0 Å². The number of nitrogens with zero attached hydrogens (tertiary/aromatic N) is 1. The Labute approximate surface area is 80.7 Å². The molecule has 0 unspecified atom stereocenters. The topological polar surface area (TPSA) is 66.6 Å². The molecule has 6 heteroatoms. The molecule has 0 spiro atoms. The Balaban J connectivity index is 2.73. The van der Waals surface area contributed by atoms with Crippen LogP contribution in [0.2, 0.25) is 0 Å². The summed E-state index contributed by atoms with van der Waals surface area (Å²) >= 11 is 0. The first-order valence-corrected chi connectivity index (χ1v) is 4.42. The molecule has 1 heterocycles. The number of rotatable bonds is 2. The number of hydrogen-bond acceptors (Lipinski definition) is 3. The van der Waals surface area contributed by atoms with Crippen LogP contribution in [0.15, 0.2) is 0 Å². The fraction of sp³-hybridized carbons (Fsp3) is 0.875. The van der Waals surface area contributed by atoms with E-state index in [1.807, 2.05) is 0 Å². The number of likely N-dealkylation sites (tertiary alicyclic amines) is 1. The van der Waals surface area contributed by atoms with E-state index >= 15 is 0 Å². The van der Waals surface area contributed by atoms with Crippen molar-refractivity contribution in [2.24, 2.45) is 5.73 Å². The summed E-state index contributed by atoms with van der Waals surface area (Å²) in [5, 5.41) is 8.83. The summed E-state index contributed by atoms with van der Waals surface area (Å²) in [5.41, 5.74) is 5.30. The molecule has 1 saturated heterocycles. The van der Waals surface area contributed by atoms with Gasteiger partial charge in [0.15, 0.2) is 0 Å². The maximum Gasteiger partial charge on any atom is 0.267 e. The second-order valence-corrected chi connectivity index (χ2v) is 3.65. The lowest BCUT2D eigenvalue weighted by Crippen LogP contribution is -2.46. The second-order valence-electron chi connectivity index (χ2n) is 3.65. The largest absolute Gasteiger partial charge is 0.394 e. The Morgan fingerprint density at radius 3 is 2.79 bits per heavy atom. The van der Waals surface area contributed by atoms with Crippen molar-refractivity contribution in [1.29, 1.82) is 0 Å². The minimum Gasteiger partial charge on any atom is -0.394 e. The summed E-state index contributed by atoms with van der Waals surface area (Å²) in [6.45, 7) is 0.347. The van der Waals surface area contributed by atoms with Gasteiger partial charge in [-0.1, -0.05) is 0 Å². The molecule has 0 aliphatic carbocycles. The molecule has 0 radical (unpaired) electrons. The number of aliphatic hydroxyl groups is 1. The lowest BCUT2D eigenvalue weighted by atomic mass is 10.2. The Kier molecular flexibility index (Phi) is 3.06. The molecule has 1 aliphatic rings. The minimum atomic E-state index is -2.90. The zero-order chi connectivity index (χ0) is 10.9. The average molecular weight is 208 g/mol. The van der Waals surface area contributed by atoms with Crippen LogP contribution in [0.25, 0.3) is 0 Å². The first kappa shape index (κ1) is 11.3. The summed E-state index contributed by atoms with van der Waals surface area (Å²) in [6, 6.07) is -1.61. The van der Waals surface area contributed by atoms with Crippen molar-refractivity contribution in [3.63, 3.8) is 0 Å². The van der Waals surface area contributed by atoms with Crippen molar-refractivity contribution >= 4 is 5.91 Å². The Morgan fingerprint density at radius 1 is 1.79 bits per heavy atom. The van der Waals surface area contributed by atoms with Gasteiger partial charge in [-0.05, 0) is 6.92 Å². The molecule has 1 aliphatic heterocycles. The third-order valence-corrected chi connectivity index (χ3v) is 2.26. The molecular formula is C8H14F2N2O2. The van der Waals surface area contributed by atoms with Gasteiger partial charge in [0.1, 0.15) is 0 Å². The standard InChI is InChI=1S/C8H14F2N2O2/c1-5(11)7(14)12-4-8(9,10)2-6(12)3-13/h5-6,13H,2-4,11H2,1H3/t5-,6+/m1/s1. The summed E-state index contributed by atoms with van der Waals surface area (Å²) in [6.07, 6.45) is -0.484. The van der Waals surface area contributed by atoms with E-state index in [1.165, 1.54) is 6.92 Å². The van der Waals surface area contributed by atoms with Crippen LogP contribution < -0.4 is 5.73 Å². The highest BCUT2D eigenvalue weighted by Crippen LogP contribution is 2.31. The molecule has 82 valence electrons. The van der Waals surface area contributed by atoms with Crippen LogP contribution in [0, 0.1) is 0 Å². The van der Waals surface area contributed by atoms with Crippen LogP contribution in [-0.4, -0.2) is 47.1 Å². The molecule has 2 atom stereocenters. The fourth-order valence-corrected chi connectivity index (χ4v) is 1.58. The number of alkyl halides is 2. The van der Waals surface area contributed by atoms with Gasteiger partial charge >= 0.3 is 0 Å². The van der Waals surface area contributed by atoms with Crippen molar-refractivity contribution in [3.05, 3.63) is 0 Å². The van der Waals surface area contributed by atoms with E-state index in [0.717, 1.165) is 4.90 Å². The normalized spacial score (nSPS) is 27.8. The molecule has 0 aromatic heterocycles. The monoisotopic (exact) mass is 208 g/mol.